The van der Waals surface area contributed by atoms with E-state index in [9.17, 15) is 14.9 Å². The molecular formula is C16H12N4O3. The Hall–Kier alpha value is -3.53. The van der Waals surface area contributed by atoms with Gasteiger partial charge in [-0.05, 0) is 23.3 Å². The number of nitro groups is 1. The molecule has 1 N–H and O–H groups in total. The first-order chi connectivity index (χ1) is 11.1. The molecule has 0 heterocycles. The predicted octanol–water partition coefficient (Wildman–Crippen LogP) is 2.16. The van der Waals surface area contributed by atoms with E-state index in [-0.39, 0.29) is 18.0 Å². The largest absolute Gasteiger partial charge is 0.273 e. The molecule has 2 aromatic carbocycles. The molecular weight excluding hydrogens is 296 g/mol. The van der Waals surface area contributed by atoms with Crippen LogP contribution < -0.4 is 5.43 Å². The average molecular weight is 308 g/mol. The van der Waals surface area contributed by atoms with Crippen molar-refractivity contribution in [2.24, 2.45) is 5.10 Å². The highest BCUT2D eigenvalue weighted by molar-refractivity contribution is 5.83. The van der Waals surface area contributed by atoms with Crippen LogP contribution in [-0.2, 0) is 11.2 Å². The van der Waals surface area contributed by atoms with E-state index in [0.717, 1.165) is 0 Å². The molecule has 0 spiro atoms. The van der Waals surface area contributed by atoms with Crippen molar-refractivity contribution in [3.8, 4) is 6.07 Å². The van der Waals surface area contributed by atoms with E-state index in [1.165, 1.54) is 30.5 Å². The number of nitro benzene ring substituents is 1. The number of rotatable bonds is 5. The number of carbonyl (C=O) groups is 1. The highest BCUT2D eigenvalue weighted by atomic mass is 16.6. The van der Waals surface area contributed by atoms with Crippen LogP contribution >= 0.6 is 0 Å². The lowest BCUT2D eigenvalue weighted by Crippen LogP contribution is -2.19. The Morgan fingerprint density at radius 1 is 1.30 bits per heavy atom. The molecule has 0 radical (unpaired) electrons. The second-order valence-electron chi connectivity index (χ2n) is 4.63. The highest BCUT2D eigenvalue weighted by Gasteiger charge is 2.06. The SMILES string of the molecule is N#Cc1cccc(/C=N/NC(=O)Cc2ccc([N+](=O)[O-])cc2)c1. The van der Waals surface area contributed by atoms with E-state index in [2.05, 4.69) is 10.5 Å². The predicted molar refractivity (Wildman–Crippen MR) is 83.7 cm³/mol. The van der Waals surface area contributed by atoms with Crippen molar-refractivity contribution in [1.82, 2.24) is 5.43 Å². The molecule has 0 aliphatic rings. The quantitative estimate of drug-likeness (QED) is 0.518. The normalized spacial score (nSPS) is 10.2. The van der Waals surface area contributed by atoms with Crippen LogP contribution in [0.25, 0.3) is 0 Å². The fourth-order valence-corrected chi connectivity index (χ4v) is 1.83. The van der Waals surface area contributed by atoms with Gasteiger partial charge in [-0.1, -0.05) is 24.3 Å². The van der Waals surface area contributed by atoms with Gasteiger partial charge >= 0.3 is 0 Å². The van der Waals surface area contributed by atoms with Crippen molar-refractivity contribution in [1.29, 1.82) is 5.26 Å². The van der Waals surface area contributed by atoms with Gasteiger partial charge in [0.25, 0.3) is 5.69 Å². The molecule has 7 nitrogen and oxygen atoms in total. The molecule has 0 aliphatic carbocycles. The summed E-state index contributed by atoms with van der Waals surface area (Å²) in [6, 6.07) is 14.6. The highest BCUT2D eigenvalue weighted by Crippen LogP contribution is 2.12. The van der Waals surface area contributed by atoms with Gasteiger partial charge in [0.15, 0.2) is 0 Å². The third-order valence-corrected chi connectivity index (χ3v) is 2.93. The van der Waals surface area contributed by atoms with Gasteiger partial charge in [0, 0.05) is 12.1 Å². The van der Waals surface area contributed by atoms with Gasteiger partial charge in [-0.3, -0.25) is 14.9 Å². The van der Waals surface area contributed by atoms with Crippen molar-refractivity contribution in [3.63, 3.8) is 0 Å². The fourth-order valence-electron chi connectivity index (χ4n) is 1.83. The second kappa shape index (κ2) is 7.47. The number of nitrogens with zero attached hydrogens (tertiary/aromatic N) is 3. The number of non-ortho nitro benzene ring substituents is 1. The van der Waals surface area contributed by atoms with Gasteiger partial charge in [0.2, 0.25) is 5.91 Å². The topological polar surface area (TPSA) is 108 Å². The summed E-state index contributed by atoms with van der Waals surface area (Å²) in [5.74, 6) is -0.341. The van der Waals surface area contributed by atoms with E-state index >= 15 is 0 Å². The number of amides is 1. The Balaban J connectivity index is 1.90. The van der Waals surface area contributed by atoms with Gasteiger partial charge in [-0.2, -0.15) is 10.4 Å². The standard InChI is InChI=1S/C16H12N4O3/c17-10-13-2-1-3-14(8-13)11-18-19-16(21)9-12-4-6-15(7-5-12)20(22)23/h1-8,11H,9H2,(H,19,21)/b18-11+. The molecule has 1 amide bonds. The minimum absolute atomic E-state index is 0.0236. The van der Waals surface area contributed by atoms with E-state index in [4.69, 9.17) is 5.26 Å². The molecule has 7 heteroatoms. The summed E-state index contributed by atoms with van der Waals surface area (Å²) in [6.45, 7) is 0. The molecule has 0 atom stereocenters. The summed E-state index contributed by atoms with van der Waals surface area (Å²) >= 11 is 0. The Morgan fingerprint density at radius 3 is 2.70 bits per heavy atom. The molecule has 2 aromatic rings. The third-order valence-electron chi connectivity index (χ3n) is 2.93. The number of carbonyl (C=O) groups excluding carboxylic acids is 1. The van der Waals surface area contributed by atoms with Crippen molar-refractivity contribution in [2.45, 2.75) is 6.42 Å². The molecule has 23 heavy (non-hydrogen) atoms. The molecule has 0 aromatic heterocycles. The summed E-state index contributed by atoms with van der Waals surface area (Å²) in [5.41, 5.74) is 4.19. The monoisotopic (exact) mass is 308 g/mol. The van der Waals surface area contributed by atoms with Crippen molar-refractivity contribution in [3.05, 3.63) is 75.3 Å². The number of nitriles is 1. The van der Waals surface area contributed by atoms with E-state index in [0.29, 0.717) is 16.7 Å². The Morgan fingerprint density at radius 2 is 2.04 bits per heavy atom. The lowest BCUT2D eigenvalue weighted by Gasteiger charge is -2.00. The average Bonchev–Trinajstić information content (AvgIpc) is 2.55. The van der Waals surface area contributed by atoms with E-state index < -0.39 is 4.92 Å². The second-order valence-corrected chi connectivity index (χ2v) is 4.63. The summed E-state index contributed by atoms with van der Waals surface area (Å²) < 4.78 is 0. The molecule has 0 saturated carbocycles. The summed E-state index contributed by atoms with van der Waals surface area (Å²) in [5, 5.41) is 23.1. The van der Waals surface area contributed by atoms with Crippen LogP contribution in [0.1, 0.15) is 16.7 Å². The number of hydrogen-bond donors (Lipinski definition) is 1. The van der Waals surface area contributed by atoms with Crippen molar-refractivity contribution >= 4 is 17.8 Å². The number of nitrogens with one attached hydrogen (secondary N) is 1. The minimum Gasteiger partial charge on any atom is -0.273 e. The Kier molecular flexibility index (Phi) is 5.15. The zero-order valence-electron chi connectivity index (χ0n) is 12.0. The van der Waals surface area contributed by atoms with Crippen LogP contribution in [0.2, 0.25) is 0 Å². The first-order valence-electron chi connectivity index (χ1n) is 6.64. The lowest BCUT2D eigenvalue weighted by atomic mass is 10.1. The zero-order chi connectivity index (χ0) is 16.7. The van der Waals surface area contributed by atoms with E-state index in [1.54, 1.807) is 24.3 Å². The number of hydrazone groups is 1. The fraction of sp³-hybridized carbons (Fsp3) is 0.0625. The molecule has 0 unspecified atom stereocenters. The molecule has 0 bridgehead atoms. The molecule has 0 saturated heterocycles. The smallest absolute Gasteiger partial charge is 0.269 e. The Labute approximate surface area is 132 Å². The first kappa shape index (κ1) is 15.9. The molecule has 0 fully saturated rings. The van der Waals surface area contributed by atoms with E-state index in [1.807, 2.05) is 6.07 Å². The minimum atomic E-state index is -0.497. The van der Waals surface area contributed by atoms with Gasteiger partial charge in [-0.15, -0.1) is 0 Å². The van der Waals surface area contributed by atoms with Gasteiger partial charge < -0.3 is 0 Å². The lowest BCUT2D eigenvalue weighted by molar-refractivity contribution is -0.384. The summed E-state index contributed by atoms with van der Waals surface area (Å²) in [6.07, 6.45) is 1.50. The van der Waals surface area contributed by atoms with Crippen LogP contribution in [0, 0.1) is 21.4 Å². The maximum atomic E-state index is 11.7. The molecule has 114 valence electrons. The summed E-state index contributed by atoms with van der Waals surface area (Å²) in [4.78, 5) is 21.8. The van der Waals surface area contributed by atoms with Gasteiger partial charge in [0.05, 0.1) is 29.2 Å². The first-order valence-corrected chi connectivity index (χ1v) is 6.64. The van der Waals surface area contributed by atoms with Crippen molar-refractivity contribution in [2.75, 3.05) is 0 Å². The van der Waals surface area contributed by atoms with Crippen LogP contribution in [0.4, 0.5) is 5.69 Å². The van der Waals surface area contributed by atoms with Crippen LogP contribution in [0.5, 0.6) is 0 Å². The van der Waals surface area contributed by atoms with Crippen LogP contribution in [-0.4, -0.2) is 17.0 Å². The van der Waals surface area contributed by atoms with Crippen molar-refractivity contribution < 1.29 is 9.72 Å². The number of hydrogen-bond acceptors (Lipinski definition) is 5. The van der Waals surface area contributed by atoms with Gasteiger partial charge in [0.1, 0.15) is 0 Å². The number of benzene rings is 2. The maximum absolute atomic E-state index is 11.7. The van der Waals surface area contributed by atoms with Crippen LogP contribution in [0.3, 0.4) is 0 Å². The maximum Gasteiger partial charge on any atom is 0.269 e. The Bertz CT molecular complexity index is 792. The zero-order valence-corrected chi connectivity index (χ0v) is 12.0. The van der Waals surface area contributed by atoms with Crippen LogP contribution in [0.15, 0.2) is 53.6 Å². The molecule has 0 aliphatic heterocycles. The molecule has 2 rings (SSSR count). The van der Waals surface area contributed by atoms with Gasteiger partial charge in [-0.25, -0.2) is 5.43 Å². The third kappa shape index (κ3) is 4.75. The summed E-state index contributed by atoms with van der Waals surface area (Å²) in [7, 11) is 0.